The van der Waals surface area contributed by atoms with Crippen molar-refractivity contribution in [2.24, 2.45) is 0 Å². The monoisotopic (exact) mass is 274 g/mol. The number of rotatable bonds is 2. The van der Waals surface area contributed by atoms with Crippen molar-refractivity contribution in [1.82, 2.24) is 4.98 Å². The normalized spacial score (nSPS) is 20.4. The van der Waals surface area contributed by atoms with E-state index >= 15 is 0 Å². The maximum Gasteiger partial charge on any atom is 0.416 e. The van der Waals surface area contributed by atoms with Gasteiger partial charge >= 0.3 is 6.18 Å². The number of morpholine rings is 1. The lowest BCUT2D eigenvalue weighted by Crippen LogP contribution is -2.49. The van der Waals surface area contributed by atoms with Gasteiger partial charge in [0.25, 0.3) is 0 Å². The highest BCUT2D eigenvalue weighted by Gasteiger charge is 2.43. The van der Waals surface area contributed by atoms with Gasteiger partial charge in [-0.2, -0.15) is 13.2 Å². The quantitative estimate of drug-likeness (QED) is 0.774. The van der Waals surface area contributed by atoms with Crippen LogP contribution in [0.15, 0.2) is 18.3 Å². The van der Waals surface area contributed by atoms with E-state index in [0.29, 0.717) is 17.9 Å². The van der Waals surface area contributed by atoms with Gasteiger partial charge in [-0.25, -0.2) is 4.98 Å². The summed E-state index contributed by atoms with van der Waals surface area (Å²) < 4.78 is 42.5. The van der Waals surface area contributed by atoms with Crippen molar-refractivity contribution in [3.63, 3.8) is 0 Å². The van der Waals surface area contributed by atoms with Crippen molar-refractivity contribution in [3.8, 4) is 0 Å². The zero-order valence-corrected chi connectivity index (χ0v) is 10.3. The molecule has 1 atom stereocenters. The fraction of sp³-hybridized carbons (Fsp3) is 0.500. The lowest BCUT2D eigenvalue weighted by molar-refractivity contribution is -0.221. The Morgan fingerprint density at radius 1 is 1.47 bits per heavy atom. The summed E-state index contributed by atoms with van der Waals surface area (Å²) in [4.78, 5) is 16.6. The van der Waals surface area contributed by atoms with Gasteiger partial charge in [0, 0.05) is 18.3 Å². The van der Waals surface area contributed by atoms with Crippen LogP contribution in [0.2, 0.25) is 0 Å². The molecule has 4 nitrogen and oxygen atoms in total. The van der Waals surface area contributed by atoms with Gasteiger partial charge in [-0.3, -0.25) is 4.79 Å². The highest BCUT2D eigenvalue weighted by atomic mass is 19.4. The number of carbonyl (C=O) groups is 1. The van der Waals surface area contributed by atoms with E-state index in [2.05, 4.69) is 4.98 Å². The first-order chi connectivity index (χ1) is 8.88. The lowest BCUT2D eigenvalue weighted by atomic mass is 10.2. The number of hydrogen-bond donors (Lipinski definition) is 0. The SMILES string of the molecule is CC(=O)c1ccc(N2CCO[C@H](C(F)(F)F)C2)nc1. The molecule has 2 heterocycles. The number of aromatic nitrogens is 1. The van der Waals surface area contributed by atoms with Gasteiger partial charge in [0.2, 0.25) is 0 Å². The highest BCUT2D eigenvalue weighted by molar-refractivity contribution is 5.93. The second kappa shape index (κ2) is 5.16. The number of alkyl halides is 3. The zero-order chi connectivity index (χ0) is 14.0. The number of Topliss-reactive ketones (excluding diaryl/α,β-unsaturated/α-hetero) is 1. The van der Waals surface area contributed by atoms with Gasteiger partial charge < -0.3 is 9.64 Å². The molecular formula is C12H13F3N2O2. The minimum absolute atomic E-state index is 0.000314. The molecule has 0 bridgehead atoms. The molecule has 0 spiro atoms. The van der Waals surface area contributed by atoms with Gasteiger partial charge in [0.1, 0.15) is 5.82 Å². The van der Waals surface area contributed by atoms with E-state index < -0.39 is 12.3 Å². The Kier molecular flexibility index (Phi) is 3.75. The molecule has 0 aliphatic carbocycles. The number of anilines is 1. The number of ether oxygens (including phenoxy) is 1. The molecule has 1 aliphatic rings. The third-order valence-electron chi connectivity index (χ3n) is 2.91. The van der Waals surface area contributed by atoms with Crippen LogP contribution in [0.1, 0.15) is 17.3 Å². The van der Waals surface area contributed by atoms with Gasteiger partial charge in [0.05, 0.1) is 13.2 Å². The first-order valence-electron chi connectivity index (χ1n) is 5.78. The summed E-state index contributed by atoms with van der Waals surface area (Å²) in [5.41, 5.74) is 0.435. The molecular weight excluding hydrogens is 261 g/mol. The summed E-state index contributed by atoms with van der Waals surface area (Å²) in [6.45, 7) is 1.47. The molecule has 1 aromatic rings. The molecule has 1 aromatic heterocycles. The number of halogens is 3. The minimum Gasteiger partial charge on any atom is -0.365 e. The van der Waals surface area contributed by atoms with Crippen molar-refractivity contribution in [1.29, 1.82) is 0 Å². The lowest BCUT2D eigenvalue weighted by Gasteiger charge is -2.34. The van der Waals surface area contributed by atoms with Crippen LogP contribution in [0, 0.1) is 0 Å². The number of carbonyl (C=O) groups excluding carboxylic acids is 1. The van der Waals surface area contributed by atoms with Crippen molar-refractivity contribution in [3.05, 3.63) is 23.9 Å². The molecule has 0 N–H and O–H groups in total. The van der Waals surface area contributed by atoms with E-state index in [-0.39, 0.29) is 18.9 Å². The van der Waals surface area contributed by atoms with Crippen molar-refractivity contribution in [2.75, 3.05) is 24.6 Å². The number of pyridine rings is 1. The average molecular weight is 274 g/mol. The molecule has 1 fully saturated rings. The summed E-state index contributed by atoms with van der Waals surface area (Å²) in [7, 11) is 0. The summed E-state index contributed by atoms with van der Waals surface area (Å²) in [5.74, 6) is 0.289. The number of nitrogens with zero attached hydrogens (tertiary/aromatic N) is 2. The Hall–Kier alpha value is -1.63. The summed E-state index contributed by atoms with van der Waals surface area (Å²) >= 11 is 0. The summed E-state index contributed by atoms with van der Waals surface area (Å²) in [6, 6.07) is 3.11. The molecule has 0 radical (unpaired) electrons. The fourth-order valence-electron chi connectivity index (χ4n) is 1.84. The largest absolute Gasteiger partial charge is 0.416 e. The highest BCUT2D eigenvalue weighted by Crippen LogP contribution is 2.27. The first kappa shape index (κ1) is 13.8. The van der Waals surface area contributed by atoms with E-state index in [1.807, 2.05) is 0 Å². The van der Waals surface area contributed by atoms with Crippen LogP contribution < -0.4 is 4.90 Å². The maximum absolute atomic E-state index is 12.6. The van der Waals surface area contributed by atoms with Crippen LogP contribution in [0.3, 0.4) is 0 Å². The van der Waals surface area contributed by atoms with Gasteiger partial charge in [-0.05, 0) is 19.1 Å². The molecule has 19 heavy (non-hydrogen) atoms. The van der Waals surface area contributed by atoms with Crippen LogP contribution >= 0.6 is 0 Å². The third kappa shape index (κ3) is 3.23. The maximum atomic E-state index is 12.6. The van der Waals surface area contributed by atoms with Crippen LogP contribution in [-0.4, -0.2) is 42.7 Å². The Labute approximate surface area is 108 Å². The molecule has 0 amide bonds. The van der Waals surface area contributed by atoms with Crippen LogP contribution in [0.4, 0.5) is 19.0 Å². The molecule has 7 heteroatoms. The third-order valence-corrected chi connectivity index (χ3v) is 2.91. The molecule has 2 rings (SSSR count). The molecule has 1 aliphatic heterocycles. The van der Waals surface area contributed by atoms with Gasteiger partial charge in [-0.1, -0.05) is 0 Å². The van der Waals surface area contributed by atoms with E-state index in [0.717, 1.165) is 0 Å². The predicted molar refractivity (Wildman–Crippen MR) is 62.2 cm³/mol. The van der Waals surface area contributed by atoms with Gasteiger partial charge in [0.15, 0.2) is 11.9 Å². The summed E-state index contributed by atoms with van der Waals surface area (Å²) in [6.07, 6.45) is -4.80. The van der Waals surface area contributed by atoms with E-state index in [1.54, 1.807) is 12.1 Å². The van der Waals surface area contributed by atoms with Crippen molar-refractivity contribution in [2.45, 2.75) is 19.2 Å². The average Bonchev–Trinajstić information content (AvgIpc) is 2.38. The minimum atomic E-state index is -4.38. The number of ketones is 1. The molecule has 0 aromatic carbocycles. The second-order valence-electron chi connectivity index (χ2n) is 4.31. The smallest absolute Gasteiger partial charge is 0.365 e. The van der Waals surface area contributed by atoms with E-state index in [4.69, 9.17) is 4.74 Å². The Morgan fingerprint density at radius 3 is 2.74 bits per heavy atom. The Balaban J connectivity index is 2.11. The second-order valence-corrected chi connectivity index (χ2v) is 4.31. The topological polar surface area (TPSA) is 42.4 Å². The number of hydrogen-bond acceptors (Lipinski definition) is 4. The van der Waals surface area contributed by atoms with Crippen LogP contribution in [0.5, 0.6) is 0 Å². The van der Waals surface area contributed by atoms with E-state index in [9.17, 15) is 18.0 Å². The Bertz CT molecular complexity index is 459. The van der Waals surface area contributed by atoms with Gasteiger partial charge in [-0.15, -0.1) is 0 Å². The zero-order valence-electron chi connectivity index (χ0n) is 10.3. The molecule has 0 saturated carbocycles. The van der Waals surface area contributed by atoms with E-state index in [1.165, 1.54) is 18.0 Å². The van der Waals surface area contributed by atoms with Crippen LogP contribution in [-0.2, 0) is 4.74 Å². The first-order valence-corrected chi connectivity index (χ1v) is 5.78. The molecule has 1 saturated heterocycles. The van der Waals surface area contributed by atoms with Crippen molar-refractivity contribution >= 4 is 11.6 Å². The molecule has 104 valence electrons. The standard InChI is InChI=1S/C12H13F3N2O2/c1-8(18)9-2-3-11(16-6-9)17-4-5-19-10(7-17)12(13,14)15/h2-3,6,10H,4-5,7H2,1H3/t10-/m0/s1. The van der Waals surface area contributed by atoms with Crippen molar-refractivity contribution < 1.29 is 22.7 Å². The summed E-state index contributed by atoms with van der Waals surface area (Å²) in [5, 5.41) is 0. The Morgan fingerprint density at radius 2 is 2.21 bits per heavy atom. The fourth-order valence-corrected chi connectivity index (χ4v) is 1.84. The molecule has 0 unspecified atom stereocenters. The van der Waals surface area contributed by atoms with Crippen LogP contribution in [0.25, 0.3) is 0 Å². The predicted octanol–water partition coefficient (Wildman–Crippen LogP) is 2.05.